The van der Waals surface area contributed by atoms with Crippen molar-refractivity contribution in [1.29, 1.82) is 0 Å². The Kier molecular flexibility index (Phi) is 5.39. The van der Waals surface area contributed by atoms with Crippen molar-refractivity contribution in [1.82, 2.24) is 9.97 Å². The van der Waals surface area contributed by atoms with Gasteiger partial charge >= 0.3 is 0 Å². The van der Waals surface area contributed by atoms with Gasteiger partial charge in [0.2, 0.25) is 0 Å². The summed E-state index contributed by atoms with van der Waals surface area (Å²) in [5.74, 6) is 2.98. The molecule has 0 aliphatic heterocycles. The molecule has 1 N–H and O–H groups in total. The van der Waals surface area contributed by atoms with Gasteiger partial charge in [0.15, 0.2) is 0 Å². The molecule has 0 bridgehead atoms. The highest BCUT2D eigenvalue weighted by Crippen LogP contribution is 2.17. The first-order chi connectivity index (χ1) is 8.02. The number of anilines is 1. The predicted octanol–water partition coefficient (Wildman–Crippen LogP) is 3.62. The monoisotopic (exact) mass is 235 g/mol. The fraction of sp³-hybridized carbons (Fsp3) is 0.714. The van der Waals surface area contributed by atoms with E-state index in [9.17, 15) is 0 Å². The van der Waals surface area contributed by atoms with Crippen LogP contribution in [-0.4, -0.2) is 16.5 Å². The maximum Gasteiger partial charge on any atom is 0.131 e. The molecule has 0 saturated carbocycles. The molecule has 0 fully saturated rings. The molecule has 0 aliphatic carbocycles. The molecule has 0 atom stereocenters. The van der Waals surface area contributed by atoms with Gasteiger partial charge in [0.25, 0.3) is 0 Å². The van der Waals surface area contributed by atoms with Gasteiger partial charge in [-0.1, -0.05) is 34.6 Å². The summed E-state index contributed by atoms with van der Waals surface area (Å²) in [6.07, 6.45) is 2.06. The lowest BCUT2D eigenvalue weighted by atomic mass is 10.1. The normalized spacial score (nSPS) is 11.2. The lowest BCUT2D eigenvalue weighted by Crippen LogP contribution is -2.09. The van der Waals surface area contributed by atoms with E-state index in [0.29, 0.717) is 11.8 Å². The van der Waals surface area contributed by atoms with Crippen LogP contribution in [0.2, 0.25) is 0 Å². The van der Waals surface area contributed by atoms with Crippen molar-refractivity contribution in [3.8, 4) is 0 Å². The quantitative estimate of drug-likeness (QED) is 0.818. The Balaban J connectivity index is 2.92. The zero-order chi connectivity index (χ0) is 12.8. The lowest BCUT2D eigenvalue weighted by molar-refractivity contribution is 0.614. The molecule has 0 aliphatic rings. The van der Waals surface area contributed by atoms with Crippen LogP contribution in [0.25, 0.3) is 0 Å². The zero-order valence-corrected chi connectivity index (χ0v) is 11.7. The highest BCUT2D eigenvalue weighted by molar-refractivity contribution is 5.36. The maximum absolute atomic E-state index is 4.63. The molecular formula is C14H25N3. The van der Waals surface area contributed by atoms with E-state index < -0.39 is 0 Å². The lowest BCUT2D eigenvalue weighted by Gasteiger charge is -2.12. The average molecular weight is 235 g/mol. The molecule has 0 spiro atoms. The van der Waals surface area contributed by atoms with Crippen LogP contribution in [0.3, 0.4) is 0 Å². The molecule has 0 radical (unpaired) electrons. The average Bonchev–Trinajstić information content (AvgIpc) is 2.25. The van der Waals surface area contributed by atoms with Gasteiger partial charge in [-0.25, -0.2) is 9.97 Å². The van der Waals surface area contributed by atoms with Gasteiger partial charge in [-0.15, -0.1) is 0 Å². The van der Waals surface area contributed by atoms with Gasteiger partial charge in [0, 0.05) is 24.7 Å². The number of nitrogens with one attached hydrogen (secondary N) is 1. The minimum Gasteiger partial charge on any atom is -0.370 e. The predicted molar refractivity (Wildman–Crippen MR) is 73.4 cm³/mol. The van der Waals surface area contributed by atoms with Crippen molar-refractivity contribution in [3.05, 3.63) is 17.6 Å². The second kappa shape index (κ2) is 6.58. The fourth-order valence-corrected chi connectivity index (χ4v) is 1.61. The molecule has 0 unspecified atom stereocenters. The molecule has 3 nitrogen and oxygen atoms in total. The second-order valence-corrected chi connectivity index (χ2v) is 5.27. The van der Waals surface area contributed by atoms with Crippen molar-refractivity contribution < 1.29 is 0 Å². The summed E-state index contributed by atoms with van der Waals surface area (Å²) < 4.78 is 0. The van der Waals surface area contributed by atoms with Gasteiger partial charge in [0.05, 0.1) is 0 Å². The number of hydrogen-bond donors (Lipinski definition) is 1. The van der Waals surface area contributed by atoms with Gasteiger partial charge in [-0.3, -0.25) is 0 Å². The molecule has 1 aromatic heterocycles. The first-order valence-electron chi connectivity index (χ1n) is 6.64. The summed E-state index contributed by atoms with van der Waals surface area (Å²) in [7, 11) is 0. The highest BCUT2D eigenvalue weighted by atomic mass is 15.0. The van der Waals surface area contributed by atoms with Crippen LogP contribution < -0.4 is 5.32 Å². The van der Waals surface area contributed by atoms with Crippen LogP contribution >= 0.6 is 0 Å². The van der Waals surface area contributed by atoms with E-state index in [1.54, 1.807) is 0 Å². The van der Waals surface area contributed by atoms with E-state index >= 15 is 0 Å². The standard InChI is InChI=1S/C14H25N3/c1-6-7-15-13-9-12(11(4)5)16-14(17-13)8-10(2)3/h9-11H,6-8H2,1-5H3,(H,15,16,17). The third kappa shape index (κ3) is 4.72. The van der Waals surface area contributed by atoms with Crippen LogP contribution in [0.5, 0.6) is 0 Å². The molecule has 3 heteroatoms. The largest absolute Gasteiger partial charge is 0.370 e. The Morgan fingerprint density at radius 2 is 1.88 bits per heavy atom. The summed E-state index contributed by atoms with van der Waals surface area (Å²) in [6.45, 7) is 11.9. The second-order valence-electron chi connectivity index (χ2n) is 5.27. The summed E-state index contributed by atoms with van der Waals surface area (Å²) in [6, 6.07) is 2.07. The Hall–Kier alpha value is -1.12. The third-order valence-corrected chi connectivity index (χ3v) is 2.53. The van der Waals surface area contributed by atoms with Crippen LogP contribution in [0, 0.1) is 5.92 Å². The molecule has 0 aromatic carbocycles. The molecule has 0 amide bonds. The number of nitrogens with zero attached hydrogens (tertiary/aromatic N) is 2. The smallest absolute Gasteiger partial charge is 0.131 e. The van der Waals surface area contributed by atoms with E-state index in [1.807, 2.05) is 0 Å². The Labute approximate surface area is 105 Å². The van der Waals surface area contributed by atoms with Crippen LogP contribution in [-0.2, 0) is 6.42 Å². The SMILES string of the molecule is CCCNc1cc(C(C)C)nc(CC(C)C)n1. The minimum atomic E-state index is 0.450. The number of rotatable bonds is 6. The Bertz CT molecular complexity index is 345. The topological polar surface area (TPSA) is 37.8 Å². The first-order valence-corrected chi connectivity index (χ1v) is 6.64. The van der Waals surface area contributed by atoms with Crippen molar-refractivity contribution in [2.45, 2.75) is 53.4 Å². The first kappa shape index (κ1) is 13.9. The molecular weight excluding hydrogens is 210 g/mol. The van der Waals surface area contributed by atoms with Crippen molar-refractivity contribution in [2.75, 3.05) is 11.9 Å². The van der Waals surface area contributed by atoms with E-state index in [1.165, 1.54) is 0 Å². The highest BCUT2D eigenvalue weighted by Gasteiger charge is 2.08. The Morgan fingerprint density at radius 1 is 1.18 bits per heavy atom. The summed E-state index contributed by atoms with van der Waals surface area (Å²) in [4.78, 5) is 9.20. The summed E-state index contributed by atoms with van der Waals surface area (Å²) in [5.41, 5.74) is 1.13. The Morgan fingerprint density at radius 3 is 2.41 bits per heavy atom. The van der Waals surface area contributed by atoms with Crippen LogP contribution in [0.15, 0.2) is 6.07 Å². The van der Waals surface area contributed by atoms with Crippen LogP contribution in [0.1, 0.15) is 58.5 Å². The summed E-state index contributed by atoms with van der Waals surface area (Å²) in [5, 5.41) is 3.35. The number of aromatic nitrogens is 2. The molecule has 1 heterocycles. The maximum atomic E-state index is 4.63. The van der Waals surface area contributed by atoms with Gasteiger partial charge in [-0.05, 0) is 18.3 Å². The molecule has 17 heavy (non-hydrogen) atoms. The number of hydrogen-bond acceptors (Lipinski definition) is 3. The molecule has 96 valence electrons. The van der Waals surface area contributed by atoms with E-state index in [-0.39, 0.29) is 0 Å². The van der Waals surface area contributed by atoms with Gasteiger partial charge in [-0.2, -0.15) is 0 Å². The van der Waals surface area contributed by atoms with E-state index in [4.69, 9.17) is 0 Å². The van der Waals surface area contributed by atoms with Gasteiger partial charge in [0.1, 0.15) is 11.6 Å². The van der Waals surface area contributed by atoms with Crippen molar-refractivity contribution >= 4 is 5.82 Å². The van der Waals surface area contributed by atoms with Crippen molar-refractivity contribution in [2.24, 2.45) is 5.92 Å². The fourth-order valence-electron chi connectivity index (χ4n) is 1.61. The third-order valence-electron chi connectivity index (χ3n) is 2.53. The molecule has 1 aromatic rings. The molecule has 0 saturated heterocycles. The zero-order valence-electron chi connectivity index (χ0n) is 11.7. The van der Waals surface area contributed by atoms with Crippen LogP contribution in [0.4, 0.5) is 5.82 Å². The molecule has 1 rings (SSSR count). The summed E-state index contributed by atoms with van der Waals surface area (Å²) >= 11 is 0. The minimum absolute atomic E-state index is 0.450. The van der Waals surface area contributed by atoms with Gasteiger partial charge < -0.3 is 5.32 Å². The van der Waals surface area contributed by atoms with E-state index in [2.05, 4.69) is 56.0 Å². The van der Waals surface area contributed by atoms with Crippen molar-refractivity contribution in [3.63, 3.8) is 0 Å². The van der Waals surface area contributed by atoms with E-state index in [0.717, 1.165) is 36.7 Å².